The molecule has 0 rings (SSSR count). The van der Waals surface area contributed by atoms with E-state index in [0.717, 1.165) is 4.89 Å². The number of hydrogen-bond donors (Lipinski definition) is 0. The SMILES string of the molecule is C=C[CH2][Pd+].CCCCP(CCCC)CCCC.CCCCP(CCCC)CCCC.O=S(=O)([O-])C(F)(F)F. The van der Waals surface area contributed by atoms with Crippen molar-refractivity contribution < 1.29 is 45.3 Å². The Hall–Kier alpha value is 0.962. The van der Waals surface area contributed by atoms with E-state index < -0.39 is 15.6 Å². The molecule has 236 valence electrons. The zero-order valence-electron chi connectivity index (χ0n) is 25.2. The molecule has 0 aromatic rings. The van der Waals surface area contributed by atoms with Crippen LogP contribution in [0.25, 0.3) is 0 Å². The van der Waals surface area contributed by atoms with Gasteiger partial charge in [-0.3, -0.25) is 0 Å². The molecule has 38 heavy (non-hydrogen) atoms. The normalized spacial score (nSPS) is 11.2. The number of allylic oxidation sites excluding steroid dienone is 1. The van der Waals surface area contributed by atoms with Crippen LogP contribution in [0.1, 0.15) is 119 Å². The van der Waals surface area contributed by atoms with Gasteiger partial charge in [0.15, 0.2) is 10.1 Å². The molecule has 0 amide bonds. The van der Waals surface area contributed by atoms with E-state index >= 15 is 0 Å². The van der Waals surface area contributed by atoms with E-state index in [0.29, 0.717) is 15.8 Å². The average molecular weight is 701 g/mol. The summed E-state index contributed by atoms with van der Waals surface area (Å²) in [6.45, 7) is 17.3. The van der Waals surface area contributed by atoms with Gasteiger partial charge in [-0.25, -0.2) is 8.42 Å². The molecule has 0 aliphatic heterocycles. The van der Waals surface area contributed by atoms with Gasteiger partial charge in [-0.1, -0.05) is 80.1 Å². The number of halogens is 3. The van der Waals surface area contributed by atoms with Crippen molar-refractivity contribution in [1.29, 1.82) is 0 Å². The monoisotopic (exact) mass is 700 g/mol. The standard InChI is InChI=1S/2C12H27P.C3H5.CHF3O3S.Pd/c2*1-4-7-10-13(11-8-5-2)12-9-6-3;1-3-2;2-1(3,4)8(5,6)7;/h2*4-12H2,1-3H3;3H,1-2H2;(H,5,6,7);/q;;;;+1/p-1. The zero-order chi connectivity index (χ0) is 30.3. The van der Waals surface area contributed by atoms with Crippen LogP contribution in [-0.4, -0.2) is 55.5 Å². The number of hydrogen-bond acceptors (Lipinski definition) is 3. The Labute approximate surface area is 249 Å². The van der Waals surface area contributed by atoms with Crippen LogP contribution in [0.15, 0.2) is 12.7 Å². The molecule has 0 aromatic carbocycles. The van der Waals surface area contributed by atoms with Gasteiger partial charge in [-0.15, -0.1) is 15.8 Å². The Morgan fingerprint density at radius 2 is 0.816 bits per heavy atom. The smallest absolute Gasteiger partial charge is 0.485 e. The van der Waals surface area contributed by atoms with Gasteiger partial charge in [0.2, 0.25) is 0 Å². The third-order valence-electron chi connectivity index (χ3n) is 5.34. The molecule has 0 atom stereocenters. The van der Waals surface area contributed by atoms with Crippen molar-refractivity contribution >= 4 is 26.0 Å². The topological polar surface area (TPSA) is 57.2 Å². The average Bonchev–Trinajstić information content (AvgIpc) is 2.87. The zero-order valence-corrected chi connectivity index (χ0v) is 29.4. The summed E-state index contributed by atoms with van der Waals surface area (Å²) in [5, 5.41) is 0. The second kappa shape index (κ2) is 34.2. The van der Waals surface area contributed by atoms with Crippen molar-refractivity contribution in [2.24, 2.45) is 0 Å². The molecule has 0 bridgehead atoms. The Morgan fingerprint density at radius 3 is 0.895 bits per heavy atom. The van der Waals surface area contributed by atoms with E-state index in [9.17, 15) is 13.2 Å². The first-order valence-corrected chi connectivity index (χ1v) is 20.8. The summed E-state index contributed by atoms with van der Waals surface area (Å²) < 4.78 is 58.9. The molecule has 0 saturated heterocycles. The van der Waals surface area contributed by atoms with E-state index in [1.807, 2.05) is 6.08 Å². The van der Waals surface area contributed by atoms with E-state index in [1.165, 1.54) is 77.0 Å². The molecular formula is C28H59F3O3P2PdS. The molecule has 3 nitrogen and oxygen atoms in total. The van der Waals surface area contributed by atoms with Crippen molar-refractivity contribution in [1.82, 2.24) is 0 Å². The molecule has 10 heteroatoms. The Morgan fingerprint density at radius 1 is 0.658 bits per heavy atom. The third kappa shape index (κ3) is 39.1. The molecule has 0 aromatic heterocycles. The number of alkyl halides is 3. The van der Waals surface area contributed by atoms with Gasteiger partial charge in [0, 0.05) is 0 Å². The molecule has 0 heterocycles. The molecule has 0 radical (unpaired) electrons. The largest absolute Gasteiger partial charge is 0.741 e. The summed E-state index contributed by atoms with van der Waals surface area (Å²) in [4.78, 5) is 0.933. The molecule has 0 spiro atoms. The van der Waals surface area contributed by atoms with Crippen molar-refractivity contribution in [3.8, 4) is 0 Å². The predicted molar refractivity (Wildman–Crippen MR) is 163 cm³/mol. The van der Waals surface area contributed by atoms with Crippen molar-refractivity contribution in [3.63, 3.8) is 0 Å². The van der Waals surface area contributed by atoms with Crippen LogP contribution < -0.4 is 0 Å². The second-order valence-electron chi connectivity index (χ2n) is 9.12. The molecule has 0 saturated carbocycles. The number of rotatable bonds is 19. The van der Waals surface area contributed by atoms with E-state index in [2.05, 4.69) is 67.3 Å². The van der Waals surface area contributed by atoms with Crippen LogP contribution in [0, 0.1) is 0 Å². The van der Waals surface area contributed by atoms with Gasteiger partial charge < -0.3 is 4.55 Å². The quantitative estimate of drug-likeness (QED) is 0.0443. The fourth-order valence-corrected chi connectivity index (χ4v) is 8.88. The summed E-state index contributed by atoms with van der Waals surface area (Å²) in [7, 11) is -5.25. The van der Waals surface area contributed by atoms with E-state index in [1.54, 1.807) is 37.0 Å². The van der Waals surface area contributed by atoms with Crippen LogP contribution >= 0.6 is 15.8 Å². The maximum atomic E-state index is 10.7. The predicted octanol–water partition coefficient (Wildman–Crippen LogP) is 10.9. The van der Waals surface area contributed by atoms with Crippen LogP contribution in [0.4, 0.5) is 13.2 Å². The molecule has 0 aliphatic carbocycles. The first-order chi connectivity index (χ1) is 17.9. The van der Waals surface area contributed by atoms with Crippen LogP contribution in [0.3, 0.4) is 0 Å². The van der Waals surface area contributed by atoms with Gasteiger partial charge in [-0.2, -0.15) is 13.2 Å². The van der Waals surface area contributed by atoms with E-state index in [4.69, 9.17) is 13.0 Å². The third-order valence-corrected chi connectivity index (χ3v) is 12.0. The minimum Gasteiger partial charge on any atom is -0.741 e. The Bertz CT molecular complexity index is 504. The van der Waals surface area contributed by atoms with Crippen LogP contribution in [0.5, 0.6) is 0 Å². The van der Waals surface area contributed by atoms with Crippen molar-refractivity contribution in [2.75, 3.05) is 37.0 Å². The van der Waals surface area contributed by atoms with Gasteiger partial charge in [0.05, 0.1) is 0 Å². The first-order valence-electron chi connectivity index (χ1n) is 14.5. The van der Waals surface area contributed by atoms with E-state index in [-0.39, 0.29) is 0 Å². The van der Waals surface area contributed by atoms with Gasteiger partial charge in [0.1, 0.15) is 0 Å². The van der Waals surface area contributed by atoms with Gasteiger partial charge in [-0.05, 0) is 75.5 Å². The maximum absolute atomic E-state index is 10.7. The molecular weight excluding hydrogens is 642 g/mol. The summed E-state index contributed by atoms with van der Waals surface area (Å²) in [6, 6.07) is 0. The van der Waals surface area contributed by atoms with Gasteiger partial charge in [0.25, 0.3) is 0 Å². The Kier molecular flexibility index (Phi) is 41.3. The summed E-state index contributed by atoms with van der Waals surface area (Å²) in [5.74, 6) is 0. The molecule has 0 aliphatic rings. The summed E-state index contributed by atoms with van der Waals surface area (Å²) >= 11 is 2.92. The second-order valence-corrected chi connectivity index (χ2v) is 16.5. The number of unbranched alkanes of at least 4 members (excludes halogenated alkanes) is 6. The van der Waals surface area contributed by atoms with Gasteiger partial charge >= 0.3 is 42.3 Å². The summed E-state index contributed by atoms with van der Waals surface area (Å²) in [6.07, 6.45) is 28.2. The molecule has 0 N–H and O–H groups in total. The van der Waals surface area contributed by atoms with Crippen LogP contribution in [0.2, 0.25) is 4.89 Å². The fraction of sp³-hybridized carbons (Fsp3) is 0.929. The minimum atomic E-state index is -6.09. The van der Waals surface area contributed by atoms with Crippen LogP contribution in [-0.2, 0) is 29.3 Å². The Balaban J connectivity index is -0.000000218. The summed E-state index contributed by atoms with van der Waals surface area (Å²) in [5.41, 5.74) is -5.65. The maximum Gasteiger partial charge on any atom is 0.485 e. The first kappa shape index (κ1) is 45.9. The minimum absolute atomic E-state index is 0.422. The van der Waals surface area contributed by atoms with Crippen molar-refractivity contribution in [3.05, 3.63) is 12.7 Å². The van der Waals surface area contributed by atoms with Crippen molar-refractivity contribution in [2.45, 2.75) is 129 Å². The fourth-order valence-electron chi connectivity index (χ4n) is 2.96. The molecule has 0 fully saturated rings. The molecule has 0 unspecified atom stereocenters.